The second kappa shape index (κ2) is 6.87. The van der Waals surface area contributed by atoms with E-state index >= 15 is 0 Å². The van der Waals surface area contributed by atoms with E-state index < -0.39 is 0 Å². The molecule has 0 saturated carbocycles. The Kier molecular flexibility index (Phi) is 4.66. The predicted octanol–water partition coefficient (Wildman–Crippen LogP) is 1.05. The largest absolute Gasteiger partial charge is 0.367 e. The van der Waals surface area contributed by atoms with Crippen LogP contribution in [0.25, 0.3) is 0 Å². The quantitative estimate of drug-likeness (QED) is 0.843. The lowest BCUT2D eigenvalue weighted by molar-refractivity contribution is -0.139. The number of nitrogens with zero attached hydrogens (tertiary/aromatic N) is 5. The summed E-state index contributed by atoms with van der Waals surface area (Å²) in [4.78, 5) is 23.0. The van der Waals surface area contributed by atoms with Crippen molar-refractivity contribution in [3.8, 4) is 0 Å². The minimum absolute atomic E-state index is 0.132. The van der Waals surface area contributed by atoms with Gasteiger partial charge in [-0.3, -0.25) is 9.48 Å². The first-order valence-corrected chi connectivity index (χ1v) is 7.79. The minimum Gasteiger partial charge on any atom is -0.367 e. The lowest BCUT2D eigenvalue weighted by atomic mass is 10.2. The molecule has 0 aromatic carbocycles. The molecule has 122 valence electrons. The molecule has 2 aromatic rings. The number of ether oxygens (including phenoxy) is 1. The van der Waals surface area contributed by atoms with E-state index in [9.17, 15) is 4.79 Å². The number of hydrogen-bond acceptors (Lipinski definition) is 5. The van der Waals surface area contributed by atoms with Crippen LogP contribution >= 0.6 is 0 Å². The maximum absolute atomic E-state index is 12.4. The fourth-order valence-corrected chi connectivity index (χ4v) is 2.70. The number of amides is 1. The molecule has 0 radical (unpaired) electrons. The van der Waals surface area contributed by atoms with Crippen LogP contribution in [0, 0.1) is 6.92 Å². The van der Waals surface area contributed by atoms with Gasteiger partial charge in [0.25, 0.3) is 0 Å². The van der Waals surface area contributed by atoms with Crippen molar-refractivity contribution < 1.29 is 9.53 Å². The van der Waals surface area contributed by atoms with Crippen LogP contribution in [-0.2, 0) is 23.0 Å². The maximum Gasteiger partial charge on any atom is 0.223 e. The first kappa shape index (κ1) is 15.6. The van der Waals surface area contributed by atoms with E-state index in [4.69, 9.17) is 4.74 Å². The highest BCUT2D eigenvalue weighted by Crippen LogP contribution is 2.20. The van der Waals surface area contributed by atoms with Crippen molar-refractivity contribution in [2.24, 2.45) is 7.05 Å². The zero-order chi connectivity index (χ0) is 16.2. The number of carbonyl (C=O) groups excluding carboxylic acids is 1. The molecule has 1 aliphatic heterocycles. The summed E-state index contributed by atoms with van der Waals surface area (Å²) >= 11 is 0. The zero-order valence-corrected chi connectivity index (χ0v) is 13.5. The molecule has 23 heavy (non-hydrogen) atoms. The van der Waals surface area contributed by atoms with E-state index in [1.54, 1.807) is 17.1 Å². The first-order chi connectivity index (χ1) is 11.1. The molecule has 1 amide bonds. The van der Waals surface area contributed by atoms with E-state index in [1.807, 2.05) is 31.0 Å². The molecule has 7 nitrogen and oxygen atoms in total. The molecule has 0 N–H and O–H groups in total. The number of rotatable bonds is 4. The molecule has 0 spiro atoms. The summed E-state index contributed by atoms with van der Waals surface area (Å²) in [6.45, 7) is 3.56. The van der Waals surface area contributed by atoms with Gasteiger partial charge in [-0.25, -0.2) is 9.97 Å². The summed E-state index contributed by atoms with van der Waals surface area (Å²) in [5, 5.41) is 4.12. The van der Waals surface area contributed by atoms with Crippen LogP contribution in [-0.4, -0.2) is 50.3 Å². The Morgan fingerprint density at radius 3 is 3.00 bits per heavy atom. The number of aryl methyl sites for hydroxylation is 3. The van der Waals surface area contributed by atoms with Crippen molar-refractivity contribution in [2.45, 2.75) is 25.9 Å². The normalized spacial score (nSPS) is 18.2. The lowest BCUT2D eigenvalue weighted by Gasteiger charge is -2.32. The Morgan fingerprint density at radius 2 is 2.26 bits per heavy atom. The predicted molar refractivity (Wildman–Crippen MR) is 83.6 cm³/mol. The van der Waals surface area contributed by atoms with Crippen molar-refractivity contribution in [1.29, 1.82) is 0 Å². The van der Waals surface area contributed by atoms with Gasteiger partial charge in [-0.05, 0) is 25.5 Å². The summed E-state index contributed by atoms with van der Waals surface area (Å²) in [5.74, 6) is 0.779. The fraction of sp³-hybridized carbons (Fsp3) is 0.500. The van der Waals surface area contributed by atoms with Gasteiger partial charge in [0.05, 0.1) is 13.2 Å². The second-order valence-corrected chi connectivity index (χ2v) is 5.70. The van der Waals surface area contributed by atoms with Gasteiger partial charge < -0.3 is 9.64 Å². The van der Waals surface area contributed by atoms with Gasteiger partial charge in [-0.2, -0.15) is 5.10 Å². The highest BCUT2D eigenvalue weighted by molar-refractivity contribution is 5.76. The Balaban J connectivity index is 1.59. The van der Waals surface area contributed by atoms with Crippen molar-refractivity contribution in [2.75, 3.05) is 19.7 Å². The Bertz CT molecular complexity index is 685. The summed E-state index contributed by atoms with van der Waals surface area (Å²) < 4.78 is 7.54. The van der Waals surface area contributed by atoms with Crippen LogP contribution < -0.4 is 0 Å². The van der Waals surface area contributed by atoms with Gasteiger partial charge in [0, 0.05) is 43.8 Å². The summed E-state index contributed by atoms with van der Waals surface area (Å²) in [6.07, 6.45) is 4.40. The monoisotopic (exact) mass is 315 g/mol. The Labute approximate surface area is 135 Å². The van der Waals surface area contributed by atoms with E-state index in [2.05, 4.69) is 15.1 Å². The molecule has 3 heterocycles. The molecule has 2 aromatic heterocycles. The highest BCUT2D eigenvalue weighted by Gasteiger charge is 2.27. The lowest BCUT2D eigenvalue weighted by Crippen LogP contribution is -2.42. The number of carbonyl (C=O) groups is 1. The minimum atomic E-state index is -0.246. The van der Waals surface area contributed by atoms with Gasteiger partial charge >= 0.3 is 0 Å². The van der Waals surface area contributed by atoms with Crippen molar-refractivity contribution in [3.63, 3.8) is 0 Å². The Morgan fingerprint density at radius 1 is 1.39 bits per heavy atom. The van der Waals surface area contributed by atoms with E-state index in [0.29, 0.717) is 38.4 Å². The van der Waals surface area contributed by atoms with Gasteiger partial charge in [0.2, 0.25) is 5.91 Å². The van der Waals surface area contributed by atoms with Crippen molar-refractivity contribution >= 4 is 5.91 Å². The van der Waals surface area contributed by atoms with Crippen LogP contribution in [0.15, 0.2) is 24.5 Å². The van der Waals surface area contributed by atoms with Gasteiger partial charge in [-0.15, -0.1) is 0 Å². The average Bonchev–Trinajstić information content (AvgIpc) is 2.98. The summed E-state index contributed by atoms with van der Waals surface area (Å²) in [7, 11) is 1.89. The summed E-state index contributed by atoms with van der Waals surface area (Å²) in [5.41, 5.74) is 1.96. The van der Waals surface area contributed by atoms with Crippen LogP contribution in [0.3, 0.4) is 0 Å². The average molecular weight is 315 g/mol. The molecule has 7 heteroatoms. The fourth-order valence-electron chi connectivity index (χ4n) is 2.70. The molecule has 1 atom stereocenters. The molecule has 1 saturated heterocycles. The first-order valence-electron chi connectivity index (χ1n) is 7.79. The molecular formula is C16H21N5O2. The summed E-state index contributed by atoms with van der Waals surface area (Å²) in [6, 6.07) is 3.79. The van der Waals surface area contributed by atoms with Crippen molar-refractivity contribution in [3.05, 3.63) is 41.7 Å². The second-order valence-electron chi connectivity index (χ2n) is 5.70. The van der Waals surface area contributed by atoms with E-state index in [0.717, 1.165) is 11.4 Å². The number of morpholine rings is 1. The van der Waals surface area contributed by atoms with Gasteiger partial charge in [-0.1, -0.05) is 0 Å². The van der Waals surface area contributed by atoms with Crippen molar-refractivity contribution in [1.82, 2.24) is 24.6 Å². The third-order valence-corrected chi connectivity index (χ3v) is 4.04. The molecular weight excluding hydrogens is 294 g/mol. The maximum atomic E-state index is 12.4. The molecule has 0 unspecified atom stereocenters. The van der Waals surface area contributed by atoms with Gasteiger partial charge in [0.1, 0.15) is 6.10 Å². The molecule has 3 rings (SSSR count). The molecule has 0 aliphatic carbocycles. The SMILES string of the molecule is Cc1ccnc([C@H]2CN(C(=O)CCc3ccnn3C)CCO2)n1. The third-order valence-electron chi connectivity index (χ3n) is 4.04. The smallest absolute Gasteiger partial charge is 0.223 e. The van der Waals surface area contributed by atoms with E-state index in [-0.39, 0.29) is 12.0 Å². The van der Waals surface area contributed by atoms with Crippen LogP contribution in [0.2, 0.25) is 0 Å². The Hall–Kier alpha value is -2.28. The zero-order valence-electron chi connectivity index (χ0n) is 13.5. The standard InChI is InChI=1S/C16H21N5O2/c1-12-5-7-17-16(19-12)14-11-21(9-10-23-14)15(22)4-3-13-6-8-18-20(13)2/h5-8,14H,3-4,9-11H2,1-2H3/t14-/m1/s1. The topological polar surface area (TPSA) is 73.1 Å². The van der Waals surface area contributed by atoms with Crippen LogP contribution in [0.5, 0.6) is 0 Å². The molecule has 1 aliphatic rings. The highest BCUT2D eigenvalue weighted by atomic mass is 16.5. The molecule has 0 bridgehead atoms. The molecule has 1 fully saturated rings. The van der Waals surface area contributed by atoms with Crippen LogP contribution in [0.4, 0.5) is 0 Å². The van der Waals surface area contributed by atoms with Gasteiger partial charge in [0.15, 0.2) is 5.82 Å². The van der Waals surface area contributed by atoms with E-state index in [1.165, 1.54) is 0 Å². The number of aromatic nitrogens is 4. The number of hydrogen-bond donors (Lipinski definition) is 0. The third kappa shape index (κ3) is 3.73. The van der Waals surface area contributed by atoms with Crippen LogP contribution in [0.1, 0.15) is 29.7 Å².